The number of nitrogens with one attached hydrogen (secondary N) is 1. The number of rotatable bonds is 6. The molecule has 5 aromatic rings. The summed E-state index contributed by atoms with van der Waals surface area (Å²) in [5.41, 5.74) is 5.49. The number of para-hydroxylation sites is 1. The van der Waals surface area contributed by atoms with Crippen molar-refractivity contribution in [3.05, 3.63) is 129 Å². The zero-order chi connectivity index (χ0) is 26.8. The molecule has 7 heteroatoms. The van der Waals surface area contributed by atoms with Crippen LogP contribution in [0.1, 0.15) is 27.5 Å². The van der Waals surface area contributed by atoms with Crippen molar-refractivity contribution in [2.45, 2.75) is 31.2 Å². The van der Waals surface area contributed by atoms with E-state index >= 15 is 0 Å². The lowest BCUT2D eigenvalue weighted by molar-refractivity contribution is -0.115. The maximum atomic E-state index is 13.8. The molecule has 5 rings (SSSR count). The van der Waals surface area contributed by atoms with E-state index in [0.29, 0.717) is 26.8 Å². The van der Waals surface area contributed by atoms with Crippen molar-refractivity contribution in [2.75, 3.05) is 5.32 Å². The molecule has 0 fully saturated rings. The molecule has 0 saturated heterocycles. The summed E-state index contributed by atoms with van der Waals surface area (Å²) in [6.07, 6.45) is 0. The molecule has 1 unspecified atom stereocenters. The van der Waals surface area contributed by atoms with Crippen LogP contribution in [-0.2, 0) is 4.79 Å². The SMILES string of the molecule is Cc1cc(C)cc(NC(=O)C(Sc2nc3ccccc3c(=O)n2-c2ccc(C)c(Cl)c2)c2ccccc2)c1. The summed E-state index contributed by atoms with van der Waals surface area (Å²) >= 11 is 7.68. The first-order chi connectivity index (χ1) is 18.3. The summed E-state index contributed by atoms with van der Waals surface area (Å²) < 4.78 is 1.54. The van der Waals surface area contributed by atoms with E-state index in [-0.39, 0.29) is 11.5 Å². The number of amides is 1. The lowest BCUT2D eigenvalue weighted by Crippen LogP contribution is -2.24. The first-order valence-corrected chi connectivity index (χ1v) is 13.4. The molecule has 1 atom stereocenters. The Labute approximate surface area is 230 Å². The number of carbonyl (C=O) groups is 1. The van der Waals surface area contributed by atoms with Gasteiger partial charge in [-0.2, -0.15) is 0 Å². The molecule has 0 radical (unpaired) electrons. The number of nitrogens with zero attached hydrogens (tertiary/aromatic N) is 2. The molecule has 0 aliphatic carbocycles. The van der Waals surface area contributed by atoms with Crippen molar-refractivity contribution < 1.29 is 4.79 Å². The predicted molar refractivity (Wildman–Crippen MR) is 157 cm³/mol. The summed E-state index contributed by atoms with van der Waals surface area (Å²) in [4.78, 5) is 32.4. The second kappa shape index (κ2) is 10.9. The molecular formula is C31H26ClN3O2S. The Kier molecular flexibility index (Phi) is 7.36. The van der Waals surface area contributed by atoms with E-state index in [1.165, 1.54) is 11.8 Å². The van der Waals surface area contributed by atoms with Crippen LogP contribution >= 0.6 is 23.4 Å². The van der Waals surface area contributed by atoms with Crippen molar-refractivity contribution in [1.82, 2.24) is 9.55 Å². The number of anilines is 1. The van der Waals surface area contributed by atoms with Gasteiger partial charge in [0.05, 0.1) is 16.6 Å². The van der Waals surface area contributed by atoms with Crippen LogP contribution in [0.3, 0.4) is 0 Å². The highest BCUT2D eigenvalue weighted by Crippen LogP contribution is 2.37. The minimum absolute atomic E-state index is 0.206. The average molecular weight is 540 g/mol. The molecule has 1 heterocycles. The smallest absolute Gasteiger partial charge is 0.266 e. The largest absolute Gasteiger partial charge is 0.325 e. The van der Waals surface area contributed by atoms with Crippen LogP contribution in [0, 0.1) is 20.8 Å². The van der Waals surface area contributed by atoms with E-state index in [0.717, 1.165) is 27.9 Å². The monoisotopic (exact) mass is 539 g/mol. The van der Waals surface area contributed by atoms with E-state index in [9.17, 15) is 9.59 Å². The summed E-state index contributed by atoms with van der Waals surface area (Å²) in [5, 5.41) is 3.84. The zero-order valence-electron chi connectivity index (χ0n) is 21.2. The highest BCUT2D eigenvalue weighted by molar-refractivity contribution is 8.00. The number of aryl methyl sites for hydroxylation is 3. The number of carbonyl (C=O) groups excluding carboxylic acids is 1. The molecule has 190 valence electrons. The van der Waals surface area contributed by atoms with Gasteiger partial charge in [-0.3, -0.25) is 14.2 Å². The second-order valence-electron chi connectivity index (χ2n) is 9.26. The van der Waals surface area contributed by atoms with Gasteiger partial charge in [0, 0.05) is 10.7 Å². The highest BCUT2D eigenvalue weighted by Gasteiger charge is 2.26. The highest BCUT2D eigenvalue weighted by atomic mass is 35.5. The Balaban J connectivity index is 1.64. The second-order valence-corrected chi connectivity index (χ2v) is 10.7. The lowest BCUT2D eigenvalue weighted by Gasteiger charge is -2.20. The van der Waals surface area contributed by atoms with Crippen LogP contribution in [0.4, 0.5) is 5.69 Å². The van der Waals surface area contributed by atoms with E-state index in [1.54, 1.807) is 22.8 Å². The van der Waals surface area contributed by atoms with Gasteiger partial charge < -0.3 is 5.32 Å². The van der Waals surface area contributed by atoms with Crippen molar-refractivity contribution in [3.8, 4) is 5.69 Å². The van der Waals surface area contributed by atoms with Crippen molar-refractivity contribution in [2.24, 2.45) is 0 Å². The molecule has 1 aromatic heterocycles. The van der Waals surface area contributed by atoms with Crippen LogP contribution in [-0.4, -0.2) is 15.5 Å². The van der Waals surface area contributed by atoms with Crippen LogP contribution in [0.15, 0.2) is 101 Å². The maximum Gasteiger partial charge on any atom is 0.266 e. The molecule has 0 bridgehead atoms. The lowest BCUT2D eigenvalue weighted by atomic mass is 10.1. The van der Waals surface area contributed by atoms with Crippen LogP contribution in [0.5, 0.6) is 0 Å². The van der Waals surface area contributed by atoms with Gasteiger partial charge >= 0.3 is 0 Å². The van der Waals surface area contributed by atoms with Crippen LogP contribution in [0.2, 0.25) is 5.02 Å². The van der Waals surface area contributed by atoms with Gasteiger partial charge in [0.25, 0.3) is 5.56 Å². The molecular weight excluding hydrogens is 514 g/mol. The molecule has 0 aliphatic rings. The number of benzene rings is 4. The van der Waals surface area contributed by atoms with Gasteiger partial charge in [-0.15, -0.1) is 0 Å². The third-order valence-corrected chi connectivity index (χ3v) is 7.83. The Morgan fingerprint density at radius 2 is 1.58 bits per heavy atom. The Hall–Kier alpha value is -3.87. The molecule has 1 amide bonds. The molecule has 4 aromatic carbocycles. The van der Waals surface area contributed by atoms with E-state index < -0.39 is 5.25 Å². The summed E-state index contributed by atoms with van der Waals surface area (Å²) in [6, 6.07) is 28.1. The van der Waals surface area contributed by atoms with Gasteiger partial charge in [0.2, 0.25) is 5.91 Å². The van der Waals surface area contributed by atoms with Crippen molar-refractivity contribution in [1.29, 1.82) is 0 Å². The minimum atomic E-state index is -0.669. The van der Waals surface area contributed by atoms with Gasteiger partial charge in [-0.1, -0.05) is 78.0 Å². The molecule has 0 aliphatic heterocycles. The topological polar surface area (TPSA) is 64.0 Å². The molecule has 38 heavy (non-hydrogen) atoms. The number of hydrogen-bond acceptors (Lipinski definition) is 4. The summed E-state index contributed by atoms with van der Waals surface area (Å²) in [7, 11) is 0. The Bertz CT molecular complexity index is 1700. The Morgan fingerprint density at radius 1 is 0.895 bits per heavy atom. The van der Waals surface area contributed by atoms with Crippen molar-refractivity contribution >= 4 is 45.9 Å². The number of fused-ring (bicyclic) bond motifs is 1. The first kappa shape index (κ1) is 25.8. The number of aromatic nitrogens is 2. The Morgan fingerprint density at radius 3 is 2.29 bits per heavy atom. The molecule has 0 spiro atoms. The fourth-order valence-corrected chi connectivity index (χ4v) is 5.69. The zero-order valence-corrected chi connectivity index (χ0v) is 22.8. The fraction of sp³-hybridized carbons (Fsp3) is 0.129. The normalized spacial score (nSPS) is 11.9. The van der Waals surface area contributed by atoms with Crippen molar-refractivity contribution in [3.63, 3.8) is 0 Å². The molecule has 0 saturated carbocycles. The minimum Gasteiger partial charge on any atom is -0.325 e. The number of hydrogen-bond donors (Lipinski definition) is 1. The van der Waals surface area contributed by atoms with E-state index in [4.69, 9.17) is 16.6 Å². The molecule has 5 nitrogen and oxygen atoms in total. The van der Waals surface area contributed by atoms with E-state index in [2.05, 4.69) is 11.4 Å². The van der Waals surface area contributed by atoms with Gasteiger partial charge in [-0.25, -0.2) is 4.98 Å². The van der Waals surface area contributed by atoms with Crippen LogP contribution < -0.4 is 10.9 Å². The number of halogens is 1. The quantitative estimate of drug-likeness (QED) is 0.180. The summed E-state index contributed by atoms with van der Waals surface area (Å²) in [5.74, 6) is -0.206. The first-order valence-electron chi connectivity index (χ1n) is 12.2. The molecule has 1 N–H and O–H groups in total. The van der Waals surface area contributed by atoms with Gasteiger partial charge in [-0.05, 0) is 79.4 Å². The maximum absolute atomic E-state index is 13.8. The van der Waals surface area contributed by atoms with Crippen LogP contribution in [0.25, 0.3) is 16.6 Å². The fourth-order valence-electron chi connectivity index (χ4n) is 4.40. The van der Waals surface area contributed by atoms with Gasteiger partial charge in [0.15, 0.2) is 5.16 Å². The van der Waals surface area contributed by atoms with Gasteiger partial charge in [0.1, 0.15) is 5.25 Å². The average Bonchev–Trinajstić information content (AvgIpc) is 2.89. The number of thioether (sulfide) groups is 1. The summed E-state index contributed by atoms with van der Waals surface area (Å²) in [6.45, 7) is 5.90. The predicted octanol–water partition coefficient (Wildman–Crippen LogP) is 7.44. The third kappa shape index (κ3) is 5.37. The third-order valence-electron chi connectivity index (χ3n) is 6.21. The van der Waals surface area contributed by atoms with E-state index in [1.807, 2.05) is 87.5 Å². The standard InChI is InChI=1S/C31H26ClN3O2S/c1-19-15-20(2)17-23(16-19)33-29(36)28(22-9-5-4-6-10-22)38-31-34-27-12-8-7-11-25(27)30(37)35(31)24-14-13-21(3)26(32)18-24/h4-18,28H,1-3H3,(H,33,36).